The fraction of sp³-hybridized carbons (Fsp3) is 0.160. The van der Waals surface area contributed by atoms with Crippen molar-refractivity contribution in [3.8, 4) is 6.07 Å². The first-order valence-electron chi connectivity index (χ1n) is 9.97. The molecule has 0 N–H and O–H groups in total. The van der Waals surface area contributed by atoms with Crippen LogP contribution in [0.3, 0.4) is 0 Å². The molecule has 1 unspecified atom stereocenters. The maximum atomic E-state index is 13.5. The summed E-state index contributed by atoms with van der Waals surface area (Å²) < 4.78 is 40.4. The van der Waals surface area contributed by atoms with Gasteiger partial charge in [0.15, 0.2) is 5.17 Å². The molecule has 0 aliphatic carbocycles. The van der Waals surface area contributed by atoms with E-state index in [0.29, 0.717) is 22.4 Å². The van der Waals surface area contributed by atoms with Gasteiger partial charge >= 0.3 is 6.18 Å². The Bertz CT molecular complexity index is 1140. The molecule has 0 bridgehead atoms. The number of amides is 1. The molecule has 0 aromatic heterocycles. The minimum absolute atomic E-state index is 0.133. The molecule has 3 aromatic carbocycles. The van der Waals surface area contributed by atoms with Gasteiger partial charge in [-0.15, -0.1) is 0 Å². The molecule has 3 aromatic rings. The van der Waals surface area contributed by atoms with Gasteiger partial charge in [-0.05, 0) is 42.0 Å². The first-order chi connectivity index (χ1) is 15.8. The largest absolute Gasteiger partial charge is 0.390 e. The number of thioether (sulfide) groups is 1. The Morgan fingerprint density at radius 2 is 1.58 bits per heavy atom. The van der Waals surface area contributed by atoms with Gasteiger partial charge in [-0.25, -0.2) is 0 Å². The molecule has 168 valence electrons. The van der Waals surface area contributed by atoms with Gasteiger partial charge in [0.25, 0.3) is 5.91 Å². The van der Waals surface area contributed by atoms with Crippen LogP contribution < -0.4 is 4.90 Å². The standard InChI is InChI=1S/C25H20F3N3OS/c1-31(21-10-6-3-7-11-21)24(30-23(32)20-8-4-2-5-9-20)33-22(16-25(26,27)28)19-14-12-18(17-29)13-15-19/h2-15,22H,16H2,1H3. The van der Waals surface area contributed by atoms with Crippen LogP contribution in [0.4, 0.5) is 18.9 Å². The van der Waals surface area contributed by atoms with Crippen LogP contribution in [0, 0.1) is 11.3 Å². The van der Waals surface area contributed by atoms with Gasteiger partial charge in [-0.1, -0.05) is 60.3 Å². The van der Waals surface area contributed by atoms with Crippen LogP contribution in [0.15, 0.2) is 89.9 Å². The molecule has 3 rings (SSSR count). The van der Waals surface area contributed by atoms with Gasteiger partial charge in [-0.2, -0.15) is 23.4 Å². The summed E-state index contributed by atoms with van der Waals surface area (Å²) in [6, 6.07) is 25.2. The molecule has 0 fully saturated rings. The molecule has 0 saturated heterocycles. The highest BCUT2D eigenvalue weighted by Crippen LogP contribution is 2.41. The zero-order chi connectivity index (χ0) is 23.8. The first kappa shape index (κ1) is 24.1. The lowest BCUT2D eigenvalue weighted by molar-refractivity contribution is -0.134. The van der Waals surface area contributed by atoms with Gasteiger partial charge in [0, 0.05) is 23.5 Å². The van der Waals surface area contributed by atoms with Crippen molar-refractivity contribution < 1.29 is 18.0 Å². The third-order valence-electron chi connectivity index (χ3n) is 4.72. The number of nitriles is 1. The number of nitrogens with zero attached hydrogens (tertiary/aromatic N) is 3. The second-order valence-electron chi connectivity index (χ2n) is 7.12. The number of hydrogen-bond donors (Lipinski definition) is 0. The normalized spacial score (nSPS) is 12.6. The van der Waals surface area contributed by atoms with E-state index in [4.69, 9.17) is 5.26 Å². The summed E-state index contributed by atoms with van der Waals surface area (Å²) in [5.74, 6) is -0.550. The highest BCUT2D eigenvalue weighted by atomic mass is 32.2. The van der Waals surface area contributed by atoms with Crippen molar-refractivity contribution in [1.29, 1.82) is 5.26 Å². The van der Waals surface area contributed by atoms with Crippen molar-refractivity contribution in [2.24, 2.45) is 4.99 Å². The van der Waals surface area contributed by atoms with Crippen LogP contribution in [-0.4, -0.2) is 24.3 Å². The molecule has 8 heteroatoms. The van der Waals surface area contributed by atoms with Gasteiger partial charge in [-0.3, -0.25) is 4.79 Å². The van der Waals surface area contributed by atoms with E-state index in [1.54, 1.807) is 66.5 Å². The summed E-state index contributed by atoms with van der Waals surface area (Å²) in [6.07, 6.45) is -5.56. The van der Waals surface area contributed by atoms with Gasteiger partial charge in [0.1, 0.15) is 0 Å². The van der Waals surface area contributed by atoms with Crippen LogP contribution in [-0.2, 0) is 0 Å². The number of rotatable bonds is 5. The molecule has 33 heavy (non-hydrogen) atoms. The highest BCUT2D eigenvalue weighted by Gasteiger charge is 2.34. The predicted molar refractivity (Wildman–Crippen MR) is 125 cm³/mol. The molecular formula is C25H20F3N3OS. The Labute approximate surface area is 194 Å². The number of benzene rings is 3. The Kier molecular flexibility index (Phi) is 7.91. The van der Waals surface area contributed by atoms with E-state index in [1.807, 2.05) is 12.1 Å². The number of hydrogen-bond acceptors (Lipinski definition) is 3. The van der Waals surface area contributed by atoms with E-state index in [-0.39, 0.29) is 5.17 Å². The van der Waals surface area contributed by atoms with Crippen LogP contribution >= 0.6 is 11.8 Å². The Morgan fingerprint density at radius 1 is 1.00 bits per heavy atom. The molecule has 0 aliphatic rings. The number of para-hydroxylation sites is 1. The molecular weight excluding hydrogens is 447 g/mol. The fourth-order valence-corrected chi connectivity index (χ4v) is 4.23. The highest BCUT2D eigenvalue weighted by molar-refractivity contribution is 8.14. The summed E-state index contributed by atoms with van der Waals surface area (Å²) >= 11 is 0.861. The van der Waals surface area contributed by atoms with Crippen molar-refractivity contribution in [2.45, 2.75) is 17.8 Å². The SMILES string of the molecule is CN(C(=NC(=O)c1ccccc1)SC(CC(F)(F)F)c1ccc(C#N)cc1)c1ccccc1. The smallest absolute Gasteiger partial charge is 0.324 e. The second-order valence-corrected chi connectivity index (χ2v) is 8.29. The number of anilines is 1. The molecule has 4 nitrogen and oxygen atoms in total. The number of halogens is 3. The molecule has 1 atom stereocenters. The van der Waals surface area contributed by atoms with Crippen LogP contribution in [0.5, 0.6) is 0 Å². The lowest BCUT2D eigenvalue weighted by atomic mass is 10.1. The van der Waals surface area contributed by atoms with Crippen molar-refractivity contribution in [3.05, 3.63) is 102 Å². The number of alkyl halides is 3. The minimum Gasteiger partial charge on any atom is -0.324 e. The average molecular weight is 468 g/mol. The van der Waals surface area contributed by atoms with Crippen molar-refractivity contribution in [3.63, 3.8) is 0 Å². The average Bonchev–Trinajstić information content (AvgIpc) is 2.83. The number of carbonyl (C=O) groups is 1. The monoisotopic (exact) mass is 467 g/mol. The number of aliphatic imine (C=N–C) groups is 1. The van der Waals surface area contributed by atoms with Crippen LogP contribution in [0.2, 0.25) is 0 Å². The summed E-state index contributed by atoms with van der Waals surface area (Å²) in [6.45, 7) is 0. The maximum Gasteiger partial charge on any atom is 0.390 e. The lowest BCUT2D eigenvalue weighted by Crippen LogP contribution is -2.26. The van der Waals surface area contributed by atoms with Crippen LogP contribution in [0.1, 0.15) is 33.2 Å². The predicted octanol–water partition coefficient (Wildman–Crippen LogP) is 6.62. The van der Waals surface area contributed by atoms with E-state index in [1.165, 1.54) is 24.3 Å². The van der Waals surface area contributed by atoms with E-state index in [2.05, 4.69) is 4.99 Å². The Balaban J connectivity index is 2.01. The molecule has 0 saturated carbocycles. The van der Waals surface area contributed by atoms with E-state index >= 15 is 0 Å². The zero-order valence-corrected chi connectivity index (χ0v) is 18.5. The third kappa shape index (κ3) is 6.96. The molecule has 1 amide bonds. The third-order valence-corrected chi connectivity index (χ3v) is 6.02. The molecule has 0 aliphatic heterocycles. The summed E-state index contributed by atoms with van der Waals surface area (Å²) in [5.41, 5.74) is 1.75. The summed E-state index contributed by atoms with van der Waals surface area (Å²) in [5, 5.41) is 8.08. The van der Waals surface area contributed by atoms with Gasteiger partial charge in [0.05, 0.1) is 18.1 Å². The van der Waals surface area contributed by atoms with Gasteiger partial charge < -0.3 is 4.90 Å². The second kappa shape index (κ2) is 10.8. The van der Waals surface area contributed by atoms with E-state index < -0.39 is 23.8 Å². The van der Waals surface area contributed by atoms with E-state index in [0.717, 1.165) is 11.8 Å². The number of amidine groups is 1. The minimum atomic E-state index is -4.44. The zero-order valence-electron chi connectivity index (χ0n) is 17.7. The topological polar surface area (TPSA) is 56.5 Å². The molecule has 0 radical (unpaired) electrons. The summed E-state index contributed by atoms with van der Waals surface area (Å²) in [4.78, 5) is 18.6. The molecule has 0 heterocycles. The Morgan fingerprint density at radius 3 is 2.12 bits per heavy atom. The maximum absolute atomic E-state index is 13.5. The van der Waals surface area contributed by atoms with Crippen molar-refractivity contribution in [2.75, 3.05) is 11.9 Å². The fourth-order valence-electron chi connectivity index (χ4n) is 3.01. The van der Waals surface area contributed by atoms with Crippen LogP contribution in [0.25, 0.3) is 0 Å². The van der Waals surface area contributed by atoms with E-state index in [9.17, 15) is 18.0 Å². The quantitative estimate of drug-likeness (QED) is 0.313. The van der Waals surface area contributed by atoms with Crippen molar-refractivity contribution >= 4 is 28.5 Å². The number of carbonyl (C=O) groups excluding carboxylic acids is 1. The Hall–Kier alpha value is -3.57. The lowest BCUT2D eigenvalue weighted by Gasteiger charge is -2.25. The molecule has 0 spiro atoms. The first-order valence-corrected chi connectivity index (χ1v) is 10.8. The van der Waals surface area contributed by atoms with Gasteiger partial charge in [0.2, 0.25) is 0 Å². The summed E-state index contributed by atoms with van der Waals surface area (Å²) in [7, 11) is 1.66. The van der Waals surface area contributed by atoms with Crippen molar-refractivity contribution in [1.82, 2.24) is 0 Å².